The minimum atomic E-state index is -0.0205. The summed E-state index contributed by atoms with van der Waals surface area (Å²) in [5.41, 5.74) is 4.31. The van der Waals surface area contributed by atoms with Crippen molar-refractivity contribution in [2.45, 2.75) is 75.4 Å². The molecule has 0 aliphatic carbocycles. The first-order valence-corrected chi connectivity index (χ1v) is 14.5. The van der Waals surface area contributed by atoms with E-state index in [1.165, 1.54) is 49.4 Å². The molecule has 1 unspecified atom stereocenters. The lowest BCUT2D eigenvalue weighted by molar-refractivity contribution is 0.0602. The number of rotatable bonds is 6. The third-order valence-electron chi connectivity index (χ3n) is 9.89. The summed E-state index contributed by atoms with van der Waals surface area (Å²) in [4.78, 5) is 26.7. The molecule has 3 saturated heterocycles. The van der Waals surface area contributed by atoms with Gasteiger partial charge in [-0.15, -0.1) is 0 Å². The van der Waals surface area contributed by atoms with Crippen molar-refractivity contribution in [2.75, 3.05) is 19.6 Å². The minimum Gasteiger partial charge on any atom is -0.451 e. The van der Waals surface area contributed by atoms with E-state index >= 15 is 0 Å². The quantitative estimate of drug-likeness (QED) is 0.321. The second-order valence-electron chi connectivity index (χ2n) is 11.8. The van der Waals surface area contributed by atoms with Crippen LogP contribution in [0.5, 0.6) is 0 Å². The number of para-hydroxylation sites is 2. The number of oxazole rings is 1. The molecule has 3 aliphatic rings. The number of likely N-dealkylation sites (tertiary alicyclic amines) is 1. The number of benzene rings is 2. The van der Waals surface area contributed by atoms with Gasteiger partial charge in [0.1, 0.15) is 12.1 Å². The number of nitrogens with zero attached hydrogens (tertiary/aromatic N) is 5. The Labute approximate surface area is 229 Å². The number of hydrogen-bond donors (Lipinski definition) is 0. The van der Waals surface area contributed by atoms with Gasteiger partial charge in [-0.3, -0.25) is 9.69 Å². The van der Waals surface area contributed by atoms with E-state index in [1.54, 1.807) is 0 Å². The highest BCUT2D eigenvalue weighted by Gasteiger charge is 2.44. The van der Waals surface area contributed by atoms with Crippen LogP contribution in [0, 0.1) is 6.92 Å². The summed E-state index contributed by atoms with van der Waals surface area (Å²) in [5, 5.41) is 0. The lowest BCUT2D eigenvalue weighted by Crippen LogP contribution is -2.49. The van der Waals surface area contributed by atoms with Crippen LogP contribution in [0.1, 0.15) is 72.9 Å². The number of carbonyl (C=O) groups is 1. The number of fused-ring (bicyclic) bond motifs is 3. The Morgan fingerprint density at radius 2 is 1.69 bits per heavy atom. The zero-order valence-corrected chi connectivity index (χ0v) is 22.7. The third kappa shape index (κ3) is 4.37. The maximum Gasteiger partial charge on any atom is 0.275 e. The van der Waals surface area contributed by atoms with Gasteiger partial charge in [0, 0.05) is 31.2 Å². The van der Waals surface area contributed by atoms with E-state index in [9.17, 15) is 4.79 Å². The monoisotopic (exact) mass is 523 g/mol. The molecule has 7 nitrogen and oxygen atoms in total. The molecule has 2 aromatic heterocycles. The summed E-state index contributed by atoms with van der Waals surface area (Å²) in [6.45, 7) is 4.79. The van der Waals surface area contributed by atoms with Crippen LogP contribution in [0.4, 0.5) is 0 Å². The molecule has 202 valence electrons. The minimum absolute atomic E-state index is 0.0205. The average Bonchev–Trinajstić information content (AvgIpc) is 3.68. The maximum atomic E-state index is 12.9. The van der Waals surface area contributed by atoms with Gasteiger partial charge >= 0.3 is 0 Å². The van der Waals surface area contributed by atoms with Gasteiger partial charge in [0.25, 0.3) is 5.91 Å². The highest BCUT2D eigenvalue weighted by molar-refractivity contribution is 5.92. The summed E-state index contributed by atoms with van der Waals surface area (Å²) < 4.78 is 7.58. The van der Waals surface area contributed by atoms with E-state index in [-0.39, 0.29) is 11.3 Å². The van der Waals surface area contributed by atoms with Crippen molar-refractivity contribution < 1.29 is 9.21 Å². The molecule has 4 aromatic rings. The predicted octanol–water partition coefficient (Wildman–Crippen LogP) is 5.76. The summed E-state index contributed by atoms with van der Waals surface area (Å²) >= 11 is 0. The van der Waals surface area contributed by atoms with Gasteiger partial charge in [-0.2, -0.15) is 0 Å². The van der Waals surface area contributed by atoms with E-state index in [4.69, 9.17) is 9.40 Å². The van der Waals surface area contributed by atoms with Crippen molar-refractivity contribution in [1.29, 1.82) is 0 Å². The standard InChI is InChI=1S/C32H37N5O2/c1-23-34-28-9-5-6-10-30(28)37(23)27-19-25-11-12-26(20-27)36(25)18-15-32(24-7-3-2-4-8-24)13-16-35(17-14-32)31(38)29-21-39-22-33-29/h2-10,21-22,25-27H,11-20H2,1H3/t25-,26+,27?. The molecule has 5 heterocycles. The summed E-state index contributed by atoms with van der Waals surface area (Å²) in [6.07, 6.45) is 10.9. The van der Waals surface area contributed by atoms with Crippen LogP contribution in [0.25, 0.3) is 11.0 Å². The molecule has 2 aromatic carbocycles. The first kappa shape index (κ1) is 24.6. The summed E-state index contributed by atoms with van der Waals surface area (Å²) in [5.74, 6) is 1.12. The highest BCUT2D eigenvalue weighted by atomic mass is 16.3. The van der Waals surface area contributed by atoms with Gasteiger partial charge in [0.2, 0.25) is 0 Å². The molecule has 1 amide bonds. The second-order valence-corrected chi connectivity index (χ2v) is 11.8. The maximum absolute atomic E-state index is 12.9. The molecule has 3 aliphatic heterocycles. The number of aromatic nitrogens is 3. The van der Waals surface area contributed by atoms with E-state index < -0.39 is 0 Å². The van der Waals surface area contributed by atoms with E-state index in [0.29, 0.717) is 23.8 Å². The number of hydrogen-bond acceptors (Lipinski definition) is 5. The van der Waals surface area contributed by atoms with Gasteiger partial charge in [-0.25, -0.2) is 9.97 Å². The smallest absolute Gasteiger partial charge is 0.275 e. The topological polar surface area (TPSA) is 67.4 Å². The van der Waals surface area contributed by atoms with Crippen LogP contribution in [0.15, 0.2) is 71.7 Å². The van der Waals surface area contributed by atoms with Crippen molar-refractivity contribution >= 4 is 16.9 Å². The Hall–Kier alpha value is -3.45. The molecule has 3 fully saturated rings. The molecule has 2 bridgehead atoms. The summed E-state index contributed by atoms with van der Waals surface area (Å²) in [7, 11) is 0. The largest absolute Gasteiger partial charge is 0.451 e. The van der Waals surface area contributed by atoms with Crippen molar-refractivity contribution in [3.63, 3.8) is 0 Å². The van der Waals surface area contributed by atoms with Crippen LogP contribution in [-0.2, 0) is 5.41 Å². The Morgan fingerprint density at radius 1 is 0.974 bits per heavy atom. The molecule has 0 saturated carbocycles. The number of imidazole rings is 1. The van der Waals surface area contributed by atoms with Crippen LogP contribution >= 0.6 is 0 Å². The third-order valence-corrected chi connectivity index (χ3v) is 9.89. The molecule has 0 spiro atoms. The van der Waals surface area contributed by atoms with Crippen LogP contribution in [0.3, 0.4) is 0 Å². The number of aryl methyl sites for hydroxylation is 1. The van der Waals surface area contributed by atoms with Crippen molar-refractivity contribution in [3.05, 3.63) is 84.3 Å². The van der Waals surface area contributed by atoms with E-state index in [1.807, 2.05) is 4.90 Å². The van der Waals surface area contributed by atoms with Gasteiger partial charge < -0.3 is 13.9 Å². The summed E-state index contributed by atoms with van der Waals surface area (Å²) in [6, 6.07) is 21.4. The SMILES string of the molecule is Cc1nc2ccccc2n1C1C[C@H]2CC[C@@H](C1)N2CCC1(c2ccccc2)CCN(C(=O)c2cocn2)CC1. The molecular weight excluding hydrogens is 486 g/mol. The van der Waals surface area contributed by atoms with Crippen molar-refractivity contribution in [2.24, 2.45) is 0 Å². The molecule has 0 N–H and O–H groups in total. The van der Waals surface area contributed by atoms with Crippen LogP contribution in [-0.4, -0.2) is 62.0 Å². The Balaban J connectivity index is 1.07. The first-order valence-electron chi connectivity index (χ1n) is 14.5. The molecule has 39 heavy (non-hydrogen) atoms. The van der Waals surface area contributed by atoms with Crippen LogP contribution < -0.4 is 0 Å². The zero-order chi connectivity index (χ0) is 26.4. The van der Waals surface area contributed by atoms with Gasteiger partial charge in [0.15, 0.2) is 12.1 Å². The molecule has 0 radical (unpaired) electrons. The molecule has 7 rings (SSSR count). The predicted molar refractivity (Wildman–Crippen MR) is 151 cm³/mol. The van der Waals surface area contributed by atoms with E-state index in [2.05, 4.69) is 76.0 Å². The fourth-order valence-electron chi connectivity index (χ4n) is 7.88. The highest BCUT2D eigenvalue weighted by Crippen LogP contribution is 2.45. The number of amides is 1. The van der Waals surface area contributed by atoms with Gasteiger partial charge in [-0.05, 0) is 81.5 Å². The van der Waals surface area contributed by atoms with Crippen LogP contribution in [0.2, 0.25) is 0 Å². The first-order chi connectivity index (χ1) is 19.1. The van der Waals surface area contributed by atoms with Crippen molar-refractivity contribution in [3.8, 4) is 0 Å². The Kier molecular flexibility index (Phi) is 6.26. The zero-order valence-electron chi connectivity index (χ0n) is 22.7. The Bertz CT molecular complexity index is 1420. The number of carbonyl (C=O) groups excluding carboxylic acids is 1. The lowest BCUT2D eigenvalue weighted by atomic mass is 9.70. The Morgan fingerprint density at radius 3 is 2.41 bits per heavy atom. The van der Waals surface area contributed by atoms with E-state index in [0.717, 1.165) is 50.2 Å². The molecular formula is C32H37N5O2. The molecule has 3 atom stereocenters. The van der Waals surface area contributed by atoms with Gasteiger partial charge in [0.05, 0.1) is 11.0 Å². The fraction of sp³-hybridized carbons (Fsp3) is 0.469. The van der Waals surface area contributed by atoms with Crippen molar-refractivity contribution in [1.82, 2.24) is 24.3 Å². The second kappa shape index (κ2) is 9.94. The van der Waals surface area contributed by atoms with Gasteiger partial charge in [-0.1, -0.05) is 42.5 Å². The average molecular weight is 524 g/mol. The normalized spacial score (nSPS) is 24.8. The molecule has 7 heteroatoms. The fourth-order valence-corrected chi connectivity index (χ4v) is 7.88. The lowest BCUT2D eigenvalue weighted by Gasteiger charge is -2.45. The number of piperidine rings is 2.